The van der Waals surface area contributed by atoms with Crippen LogP contribution in [0.5, 0.6) is 11.5 Å². The number of rotatable bonds is 8. The molecular weight excluding hydrogens is 402 g/mol. The lowest BCUT2D eigenvalue weighted by Gasteiger charge is -2.14. The Hall–Kier alpha value is -2.31. The average Bonchev–Trinajstić information content (AvgIpc) is 3.02. The number of unbranched alkanes of at least 4 members (excludes halogenated alkanes) is 1. The molecule has 152 valence electrons. The highest BCUT2D eigenvalue weighted by atomic mass is 32.2. The molecule has 4 nitrogen and oxygen atoms in total. The van der Waals surface area contributed by atoms with Gasteiger partial charge in [-0.15, -0.1) is 0 Å². The Kier molecular flexibility index (Phi) is 7.34. The van der Waals surface area contributed by atoms with Crippen LogP contribution in [-0.4, -0.2) is 23.9 Å². The molecular formula is C23H25NO3S2. The van der Waals surface area contributed by atoms with Crippen LogP contribution in [0.1, 0.15) is 37.8 Å². The largest absolute Gasteiger partial charge is 0.493 e. The lowest BCUT2D eigenvalue weighted by atomic mass is 10.1. The second kappa shape index (κ2) is 9.94. The van der Waals surface area contributed by atoms with Gasteiger partial charge in [-0.1, -0.05) is 62.4 Å². The first kappa shape index (κ1) is 21.4. The van der Waals surface area contributed by atoms with E-state index in [9.17, 15) is 4.79 Å². The van der Waals surface area contributed by atoms with Crippen LogP contribution >= 0.6 is 24.0 Å². The van der Waals surface area contributed by atoms with Crippen LogP contribution in [0.4, 0.5) is 5.69 Å². The number of aryl methyl sites for hydroxylation is 1. The SMILES string of the molecule is CCCCOc1ccc(C=C2SC(=S)N(c3ccc(CC)cc3)C2=O)cc1OC. The van der Waals surface area contributed by atoms with Gasteiger partial charge in [-0.2, -0.15) is 0 Å². The van der Waals surface area contributed by atoms with E-state index in [1.807, 2.05) is 48.5 Å². The molecule has 1 heterocycles. The highest BCUT2D eigenvalue weighted by molar-refractivity contribution is 8.27. The van der Waals surface area contributed by atoms with Gasteiger partial charge >= 0.3 is 0 Å². The van der Waals surface area contributed by atoms with Gasteiger partial charge in [-0.3, -0.25) is 9.69 Å². The van der Waals surface area contributed by atoms with Crippen LogP contribution in [0, 0.1) is 0 Å². The minimum Gasteiger partial charge on any atom is -0.493 e. The summed E-state index contributed by atoms with van der Waals surface area (Å²) in [5, 5.41) is 0. The van der Waals surface area contributed by atoms with Crippen molar-refractivity contribution in [2.24, 2.45) is 0 Å². The van der Waals surface area contributed by atoms with E-state index in [1.165, 1.54) is 17.3 Å². The monoisotopic (exact) mass is 427 g/mol. The van der Waals surface area contributed by atoms with Crippen molar-refractivity contribution in [2.75, 3.05) is 18.6 Å². The summed E-state index contributed by atoms with van der Waals surface area (Å²) in [5.74, 6) is 1.26. The van der Waals surface area contributed by atoms with Crippen molar-refractivity contribution < 1.29 is 14.3 Å². The fourth-order valence-corrected chi connectivity index (χ4v) is 4.24. The van der Waals surface area contributed by atoms with Crippen molar-refractivity contribution >= 4 is 46.0 Å². The molecule has 6 heteroatoms. The molecule has 0 bridgehead atoms. The number of nitrogens with zero attached hydrogens (tertiary/aromatic N) is 1. The maximum absolute atomic E-state index is 13.0. The molecule has 0 atom stereocenters. The average molecular weight is 428 g/mol. The fourth-order valence-electron chi connectivity index (χ4n) is 2.94. The second-order valence-corrected chi connectivity index (χ2v) is 8.33. The van der Waals surface area contributed by atoms with E-state index in [0.29, 0.717) is 27.3 Å². The molecule has 0 spiro atoms. The number of carbonyl (C=O) groups is 1. The molecule has 0 saturated carbocycles. The number of hydrogen-bond donors (Lipinski definition) is 0. The molecule has 1 aliphatic heterocycles. The summed E-state index contributed by atoms with van der Waals surface area (Å²) in [6, 6.07) is 13.6. The molecule has 1 saturated heterocycles. The molecule has 0 unspecified atom stereocenters. The lowest BCUT2D eigenvalue weighted by molar-refractivity contribution is -0.113. The van der Waals surface area contributed by atoms with E-state index in [2.05, 4.69) is 13.8 Å². The molecule has 1 amide bonds. The van der Waals surface area contributed by atoms with E-state index in [0.717, 1.165) is 30.5 Å². The summed E-state index contributed by atoms with van der Waals surface area (Å²) in [6.45, 7) is 4.88. The summed E-state index contributed by atoms with van der Waals surface area (Å²) in [7, 11) is 1.62. The van der Waals surface area contributed by atoms with Gasteiger partial charge in [0.25, 0.3) is 5.91 Å². The number of methoxy groups -OCH3 is 1. The predicted octanol–water partition coefficient (Wildman–Crippen LogP) is 5.84. The van der Waals surface area contributed by atoms with Crippen molar-refractivity contribution in [2.45, 2.75) is 33.1 Å². The van der Waals surface area contributed by atoms with Crippen molar-refractivity contribution in [1.82, 2.24) is 0 Å². The molecule has 1 aliphatic rings. The second-order valence-electron chi connectivity index (χ2n) is 6.65. The standard InChI is InChI=1S/C23H25NO3S2/c1-4-6-13-27-19-12-9-17(14-20(19)26-3)15-21-22(25)24(23(28)29-21)18-10-7-16(5-2)8-11-18/h7-12,14-15H,4-6,13H2,1-3H3. The zero-order chi connectivity index (χ0) is 20.8. The zero-order valence-corrected chi connectivity index (χ0v) is 18.6. The Morgan fingerprint density at radius 2 is 1.86 bits per heavy atom. The Labute approximate surface area is 181 Å². The number of thioether (sulfide) groups is 1. The smallest absolute Gasteiger partial charge is 0.270 e. The van der Waals surface area contributed by atoms with Crippen LogP contribution in [0.25, 0.3) is 6.08 Å². The minimum atomic E-state index is -0.105. The molecule has 29 heavy (non-hydrogen) atoms. The van der Waals surface area contributed by atoms with E-state index >= 15 is 0 Å². The summed E-state index contributed by atoms with van der Waals surface area (Å²) in [5.41, 5.74) is 2.89. The predicted molar refractivity (Wildman–Crippen MR) is 125 cm³/mol. The van der Waals surface area contributed by atoms with Gasteiger partial charge in [-0.25, -0.2) is 0 Å². The normalized spacial score (nSPS) is 15.3. The van der Waals surface area contributed by atoms with Crippen molar-refractivity contribution in [3.8, 4) is 11.5 Å². The molecule has 1 fully saturated rings. The highest BCUT2D eigenvalue weighted by Gasteiger charge is 2.33. The topological polar surface area (TPSA) is 38.8 Å². The first-order chi connectivity index (χ1) is 14.1. The maximum Gasteiger partial charge on any atom is 0.270 e. The van der Waals surface area contributed by atoms with E-state index in [1.54, 1.807) is 12.0 Å². The Bertz CT molecular complexity index is 922. The zero-order valence-electron chi connectivity index (χ0n) is 16.9. The van der Waals surface area contributed by atoms with Crippen LogP contribution < -0.4 is 14.4 Å². The van der Waals surface area contributed by atoms with Crippen molar-refractivity contribution in [3.05, 3.63) is 58.5 Å². The van der Waals surface area contributed by atoms with Gasteiger partial charge in [0, 0.05) is 0 Å². The van der Waals surface area contributed by atoms with Gasteiger partial charge in [0.1, 0.15) is 0 Å². The van der Waals surface area contributed by atoms with Gasteiger partial charge < -0.3 is 9.47 Å². The van der Waals surface area contributed by atoms with Gasteiger partial charge in [0.2, 0.25) is 0 Å². The number of thiocarbonyl (C=S) groups is 1. The number of benzene rings is 2. The molecule has 0 radical (unpaired) electrons. The first-order valence-corrected chi connectivity index (χ1v) is 11.0. The van der Waals surface area contributed by atoms with Crippen LogP contribution in [0.2, 0.25) is 0 Å². The Morgan fingerprint density at radius 3 is 2.52 bits per heavy atom. The summed E-state index contributed by atoms with van der Waals surface area (Å²) >= 11 is 6.78. The summed E-state index contributed by atoms with van der Waals surface area (Å²) in [4.78, 5) is 15.1. The molecule has 2 aromatic rings. The van der Waals surface area contributed by atoms with Gasteiger partial charge in [0.15, 0.2) is 15.8 Å². The van der Waals surface area contributed by atoms with Gasteiger partial charge in [-0.05, 0) is 54.3 Å². The maximum atomic E-state index is 13.0. The van der Waals surface area contributed by atoms with E-state index < -0.39 is 0 Å². The molecule has 0 aromatic heterocycles. The third-order valence-corrected chi connectivity index (χ3v) is 5.94. The van der Waals surface area contributed by atoms with Crippen LogP contribution in [0.15, 0.2) is 47.4 Å². The molecule has 2 aromatic carbocycles. The molecule has 0 aliphatic carbocycles. The Balaban J connectivity index is 1.81. The minimum absolute atomic E-state index is 0.105. The number of amides is 1. The first-order valence-electron chi connectivity index (χ1n) is 9.75. The van der Waals surface area contributed by atoms with Gasteiger partial charge in [0.05, 0.1) is 24.3 Å². The van der Waals surface area contributed by atoms with E-state index in [4.69, 9.17) is 21.7 Å². The summed E-state index contributed by atoms with van der Waals surface area (Å²) < 4.78 is 11.8. The molecule has 0 N–H and O–H groups in total. The highest BCUT2D eigenvalue weighted by Crippen LogP contribution is 2.37. The third-order valence-electron chi connectivity index (χ3n) is 4.64. The quantitative estimate of drug-likeness (QED) is 0.300. The van der Waals surface area contributed by atoms with Crippen molar-refractivity contribution in [1.29, 1.82) is 0 Å². The molecule has 3 rings (SSSR count). The van der Waals surface area contributed by atoms with Crippen molar-refractivity contribution in [3.63, 3.8) is 0 Å². The number of anilines is 1. The fraction of sp³-hybridized carbons (Fsp3) is 0.304. The summed E-state index contributed by atoms with van der Waals surface area (Å²) in [6.07, 6.45) is 4.87. The Morgan fingerprint density at radius 1 is 1.10 bits per heavy atom. The van der Waals surface area contributed by atoms with E-state index in [-0.39, 0.29) is 5.91 Å². The third kappa shape index (κ3) is 5.00. The number of hydrogen-bond acceptors (Lipinski definition) is 5. The van der Waals surface area contributed by atoms with Crippen LogP contribution in [-0.2, 0) is 11.2 Å². The number of ether oxygens (including phenoxy) is 2. The number of carbonyl (C=O) groups excluding carboxylic acids is 1. The lowest BCUT2D eigenvalue weighted by Crippen LogP contribution is -2.27. The van der Waals surface area contributed by atoms with Crippen LogP contribution in [0.3, 0.4) is 0 Å².